The second-order valence-electron chi connectivity index (χ2n) is 13.8. The van der Waals surface area contributed by atoms with E-state index in [4.69, 9.17) is 9.97 Å². The molecule has 9 heteroatoms. The van der Waals surface area contributed by atoms with Crippen molar-refractivity contribution in [2.45, 2.75) is 89.4 Å². The molecule has 2 aliphatic carbocycles. The highest BCUT2D eigenvalue weighted by Crippen LogP contribution is 2.49. The topological polar surface area (TPSA) is 79.2 Å². The number of nitrogens with one attached hydrogen (secondary N) is 1. The van der Waals surface area contributed by atoms with E-state index in [0.717, 1.165) is 58.3 Å². The number of nitrogens with zero attached hydrogens (tertiary/aromatic N) is 6. The van der Waals surface area contributed by atoms with Crippen molar-refractivity contribution in [2.24, 2.45) is 5.92 Å². The van der Waals surface area contributed by atoms with Gasteiger partial charge in [-0.3, -0.25) is 14.7 Å². The van der Waals surface area contributed by atoms with Crippen molar-refractivity contribution in [1.82, 2.24) is 24.4 Å². The van der Waals surface area contributed by atoms with E-state index in [1.165, 1.54) is 32.0 Å². The van der Waals surface area contributed by atoms with E-state index in [1.54, 1.807) is 18.6 Å². The molecule has 1 N–H and O–H groups in total. The van der Waals surface area contributed by atoms with Crippen LogP contribution in [-0.4, -0.2) is 55.0 Å². The lowest BCUT2D eigenvalue weighted by Gasteiger charge is -2.48. The molecule has 8 nitrogen and oxygen atoms in total. The van der Waals surface area contributed by atoms with E-state index in [2.05, 4.69) is 46.1 Å². The van der Waals surface area contributed by atoms with Crippen LogP contribution in [0.1, 0.15) is 71.4 Å². The lowest BCUT2D eigenvalue weighted by Crippen LogP contribution is -2.57. The molecule has 0 radical (unpaired) electrons. The minimum Gasteiger partial charge on any atom is -0.336 e. The third-order valence-electron chi connectivity index (χ3n) is 10.5. The van der Waals surface area contributed by atoms with Crippen molar-refractivity contribution < 1.29 is 9.18 Å². The molecule has 2 saturated carbocycles. The van der Waals surface area contributed by atoms with E-state index in [1.807, 2.05) is 30.5 Å². The molecule has 0 spiro atoms. The van der Waals surface area contributed by atoms with Crippen LogP contribution in [0.15, 0.2) is 49.1 Å². The van der Waals surface area contributed by atoms with Gasteiger partial charge in [-0.2, -0.15) is 0 Å². The standard InChI is InChI=1S/C34H38FN7O/c1-19(2)41-18-37-29-15-28(39-32(31(29)41)38-27-9-10-36-16-26(27)35)21-6-8-25-30(12-21)42(33(43)34(25,3)4)24-13-23(14-24)40-17-20-5-7-22(40)11-20/h6,8-10,12,15-16,18-20,22-24H,5,7,11,13-14,17H2,1-4H3,(H,36,38,39)/t20?,22-,23-,24+/m1/s1. The number of carbonyl (C=O) groups is 1. The number of halogens is 1. The molecule has 3 fully saturated rings. The van der Waals surface area contributed by atoms with Crippen LogP contribution in [0.25, 0.3) is 22.3 Å². The lowest BCUT2D eigenvalue weighted by molar-refractivity contribution is -0.123. The van der Waals surface area contributed by atoms with Crippen molar-refractivity contribution in [3.8, 4) is 11.3 Å². The van der Waals surface area contributed by atoms with Gasteiger partial charge in [0.1, 0.15) is 5.52 Å². The predicted octanol–water partition coefficient (Wildman–Crippen LogP) is 6.60. The van der Waals surface area contributed by atoms with Gasteiger partial charge >= 0.3 is 0 Å². The highest BCUT2D eigenvalue weighted by atomic mass is 19.1. The summed E-state index contributed by atoms with van der Waals surface area (Å²) < 4.78 is 16.7. The van der Waals surface area contributed by atoms with E-state index in [-0.39, 0.29) is 18.0 Å². The number of likely N-dealkylation sites (tertiary alicyclic amines) is 1. The number of hydrogen-bond donors (Lipinski definition) is 1. The predicted molar refractivity (Wildman–Crippen MR) is 166 cm³/mol. The van der Waals surface area contributed by atoms with Crippen molar-refractivity contribution in [3.63, 3.8) is 0 Å². The highest BCUT2D eigenvalue weighted by Gasteiger charge is 2.52. The second-order valence-corrected chi connectivity index (χ2v) is 13.8. The molecular formula is C34H38FN7O. The largest absolute Gasteiger partial charge is 0.336 e. The Kier molecular flexibility index (Phi) is 5.96. The van der Waals surface area contributed by atoms with Gasteiger partial charge in [0.2, 0.25) is 5.91 Å². The minimum atomic E-state index is -0.579. The quantitative estimate of drug-likeness (QED) is 0.277. The molecule has 1 amide bonds. The first-order valence-corrected chi connectivity index (χ1v) is 15.7. The van der Waals surface area contributed by atoms with Crippen molar-refractivity contribution in [2.75, 3.05) is 16.8 Å². The fraction of sp³-hybridized carbons (Fsp3) is 0.471. The van der Waals surface area contributed by atoms with Gasteiger partial charge in [-0.05, 0) is 89.5 Å². The Hall–Kier alpha value is -3.85. The Morgan fingerprint density at radius 3 is 2.60 bits per heavy atom. The molecule has 2 bridgehead atoms. The van der Waals surface area contributed by atoms with Crippen LogP contribution in [0.5, 0.6) is 0 Å². The third-order valence-corrected chi connectivity index (χ3v) is 10.5. The number of piperidine rings is 1. The molecule has 1 unspecified atom stereocenters. The Bertz CT molecular complexity index is 1760. The maximum atomic E-state index is 14.7. The molecule has 2 aliphatic heterocycles. The van der Waals surface area contributed by atoms with Crippen LogP contribution in [-0.2, 0) is 10.2 Å². The number of anilines is 3. The van der Waals surface area contributed by atoms with Gasteiger partial charge in [0.15, 0.2) is 11.6 Å². The summed E-state index contributed by atoms with van der Waals surface area (Å²) in [6.07, 6.45) is 10.7. The Labute approximate surface area is 251 Å². The fourth-order valence-electron chi connectivity index (χ4n) is 8.05. The second kappa shape index (κ2) is 9.58. The number of rotatable bonds is 6. The highest BCUT2D eigenvalue weighted by molar-refractivity contribution is 6.08. The molecule has 1 aromatic carbocycles. The number of benzene rings is 1. The summed E-state index contributed by atoms with van der Waals surface area (Å²) in [7, 11) is 0. The summed E-state index contributed by atoms with van der Waals surface area (Å²) in [4.78, 5) is 32.3. The minimum absolute atomic E-state index is 0.143. The van der Waals surface area contributed by atoms with Gasteiger partial charge in [0.25, 0.3) is 0 Å². The van der Waals surface area contributed by atoms with Crippen molar-refractivity contribution >= 4 is 34.1 Å². The van der Waals surface area contributed by atoms with Crippen molar-refractivity contribution in [1.29, 1.82) is 0 Å². The van der Waals surface area contributed by atoms with Gasteiger partial charge in [-0.1, -0.05) is 12.1 Å². The molecule has 8 rings (SSSR count). The molecule has 4 aromatic rings. The lowest BCUT2D eigenvalue weighted by atomic mass is 9.82. The number of fused-ring (bicyclic) bond motifs is 4. The number of aromatic nitrogens is 4. The summed E-state index contributed by atoms with van der Waals surface area (Å²) in [5, 5.41) is 3.21. The Morgan fingerprint density at radius 2 is 1.88 bits per heavy atom. The fourth-order valence-corrected chi connectivity index (χ4v) is 8.05. The average Bonchev–Trinajstić information content (AvgIpc) is 3.74. The monoisotopic (exact) mass is 579 g/mol. The van der Waals surface area contributed by atoms with Gasteiger partial charge in [-0.25, -0.2) is 14.4 Å². The van der Waals surface area contributed by atoms with E-state index in [0.29, 0.717) is 17.5 Å². The van der Waals surface area contributed by atoms with Crippen LogP contribution < -0.4 is 10.2 Å². The maximum Gasteiger partial charge on any atom is 0.237 e. The molecule has 2 atom stereocenters. The molecule has 222 valence electrons. The maximum absolute atomic E-state index is 14.7. The SMILES string of the molecule is CC(C)n1cnc2cc(-c3ccc4c(c3)N([C@H]3C[C@@H](N5CC6CC[C@@H]5C6)C3)C(=O)C4(C)C)nc(Nc3ccncc3F)c21. The molecule has 43 heavy (non-hydrogen) atoms. The summed E-state index contributed by atoms with van der Waals surface area (Å²) in [5.74, 6) is 1.14. The summed E-state index contributed by atoms with van der Waals surface area (Å²) >= 11 is 0. The first-order chi connectivity index (χ1) is 20.7. The first kappa shape index (κ1) is 26.8. The van der Waals surface area contributed by atoms with E-state index < -0.39 is 11.2 Å². The van der Waals surface area contributed by atoms with E-state index >= 15 is 0 Å². The van der Waals surface area contributed by atoms with Crippen LogP contribution in [0.4, 0.5) is 21.6 Å². The Morgan fingerprint density at radius 1 is 1.05 bits per heavy atom. The summed E-state index contributed by atoms with van der Waals surface area (Å²) in [5.41, 5.74) is 4.98. The van der Waals surface area contributed by atoms with Gasteiger partial charge in [-0.15, -0.1) is 0 Å². The summed E-state index contributed by atoms with van der Waals surface area (Å²) in [6, 6.07) is 11.6. The molecule has 5 heterocycles. The zero-order chi connectivity index (χ0) is 29.6. The average molecular weight is 580 g/mol. The van der Waals surface area contributed by atoms with Gasteiger partial charge < -0.3 is 14.8 Å². The molecular weight excluding hydrogens is 541 g/mol. The van der Waals surface area contributed by atoms with Crippen LogP contribution >= 0.6 is 0 Å². The molecule has 1 saturated heterocycles. The van der Waals surface area contributed by atoms with Gasteiger partial charge in [0.05, 0.1) is 34.8 Å². The number of amides is 1. The number of carbonyl (C=O) groups excluding carboxylic acids is 1. The normalized spacial score (nSPS) is 26.0. The first-order valence-electron chi connectivity index (χ1n) is 15.7. The molecule has 3 aromatic heterocycles. The van der Waals surface area contributed by atoms with E-state index in [9.17, 15) is 9.18 Å². The Balaban J connectivity index is 1.16. The smallest absolute Gasteiger partial charge is 0.237 e. The zero-order valence-electron chi connectivity index (χ0n) is 25.2. The number of imidazole rings is 1. The van der Waals surface area contributed by atoms with Crippen LogP contribution in [0, 0.1) is 11.7 Å². The molecule has 4 aliphatic rings. The van der Waals surface area contributed by atoms with Crippen molar-refractivity contribution in [3.05, 3.63) is 60.4 Å². The summed E-state index contributed by atoms with van der Waals surface area (Å²) in [6.45, 7) is 9.48. The van der Waals surface area contributed by atoms with Gasteiger partial charge in [0, 0.05) is 48.2 Å². The zero-order valence-corrected chi connectivity index (χ0v) is 25.2. The van der Waals surface area contributed by atoms with Crippen LogP contribution in [0.2, 0.25) is 0 Å². The third kappa shape index (κ3) is 4.11. The van der Waals surface area contributed by atoms with Crippen LogP contribution in [0.3, 0.4) is 0 Å². The number of hydrogen-bond acceptors (Lipinski definition) is 6. The number of pyridine rings is 2.